The lowest BCUT2D eigenvalue weighted by Crippen LogP contribution is -2.37. The first-order chi connectivity index (χ1) is 8.06. The second kappa shape index (κ2) is 6.20. The van der Waals surface area contributed by atoms with Crippen molar-refractivity contribution in [1.29, 1.82) is 0 Å². The third-order valence-corrected chi connectivity index (χ3v) is 2.38. The van der Waals surface area contributed by atoms with Crippen LogP contribution in [0.4, 0.5) is 10.1 Å². The Hall–Kier alpha value is -1.62. The number of hydrogen-bond donors (Lipinski definition) is 2. The minimum atomic E-state index is -0.519. The lowest BCUT2D eigenvalue weighted by molar-refractivity contribution is 0.0894. The van der Waals surface area contributed by atoms with Gasteiger partial charge in [-0.1, -0.05) is 6.92 Å². The van der Waals surface area contributed by atoms with Crippen LogP contribution in [0.3, 0.4) is 0 Å². The van der Waals surface area contributed by atoms with Gasteiger partial charge < -0.3 is 15.8 Å². The Morgan fingerprint density at radius 3 is 2.76 bits per heavy atom. The molecule has 0 aromatic heterocycles. The van der Waals surface area contributed by atoms with Gasteiger partial charge in [0, 0.05) is 18.4 Å². The number of rotatable bonds is 5. The minimum absolute atomic E-state index is 0.0861. The molecule has 94 valence electrons. The van der Waals surface area contributed by atoms with Crippen LogP contribution < -0.4 is 11.1 Å². The number of anilines is 1. The highest BCUT2D eigenvalue weighted by Gasteiger charge is 2.13. The maximum atomic E-state index is 13.1. The zero-order valence-electron chi connectivity index (χ0n) is 10.00. The van der Waals surface area contributed by atoms with Gasteiger partial charge in [0.1, 0.15) is 5.82 Å². The molecule has 1 amide bonds. The molecule has 0 aliphatic rings. The first kappa shape index (κ1) is 13.4. The number of carbonyl (C=O) groups excluding carboxylic acids is 1. The summed E-state index contributed by atoms with van der Waals surface area (Å²) in [6.07, 6.45) is 0.740. The third kappa shape index (κ3) is 4.03. The molecule has 0 saturated heterocycles. The lowest BCUT2D eigenvalue weighted by atomic mass is 10.1. The number of benzene rings is 1. The van der Waals surface area contributed by atoms with E-state index in [2.05, 4.69) is 5.32 Å². The van der Waals surface area contributed by atoms with E-state index >= 15 is 0 Å². The van der Waals surface area contributed by atoms with Gasteiger partial charge in [-0.05, 0) is 24.6 Å². The number of nitrogens with one attached hydrogen (secondary N) is 1. The summed E-state index contributed by atoms with van der Waals surface area (Å²) in [7, 11) is 1.56. The van der Waals surface area contributed by atoms with Crippen molar-refractivity contribution in [2.45, 2.75) is 19.4 Å². The molecule has 0 spiro atoms. The number of halogens is 1. The van der Waals surface area contributed by atoms with Crippen molar-refractivity contribution >= 4 is 11.6 Å². The van der Waals surface area contributed by atoms with Gasteiger partial charge in [-0.2, -0.15) is 0 Å². The van der Waals surface area contributed by atoms with Crippen LogP contribution in [0.25, 0.3) is 0 Å². The first-order valence-corrected chi connectivity index (χ1v) is 5.42. The fourth-order valence-corrected chi connectivity index (χ4v) is 1.47. The van der Waals surface area contributed by atoms with Crippen molar-refractivity contribution in [1.82, 2.24) is 5.32 Å². The molecule has 0 bridgehead atoms. The van der Waals surface area contributed by atoms with E-state index < -0.39 is 5.82 Å². The van der Waals surface area contributed by atoms with Crippen molar-refractivity contribution in [3.63, 3.8) is 0 Å². The third-order valence-electron chi connectivity index (χ3n) is 2.38. The average Bonchev–Trinajstić information content (AvgIpc) is 2.27. The zero-order chi connectivity index (χ0) is 12.8. The summed E-state index contributed by atoms with van der Waals surface area (Å²) in [6.45, 7) is 2.36. The van der Waals surface area contributed by atoms with Crippen LogP contribution in [0.15, 0.2) is 18.2 Å². The number of ether oxygens (including phenoxy) is 1. The fourth-order valence-electron chi connectivity index (χ4n) is 1.47. The van der Waals surface area contributed by atoms with Gasteiger partial charge in [-0.3, -0.25) is 4.79 Å². The molecule has 5 heteroatoms. The molecule has 0 aliphatic heterocycles. The highest BCUT2D eigenvalue weighted by atomic mass is 19.1. The van der Waals surface area contributed by atoms with Crippen molar-refractivity contribution < 1.29 is 13.9 Å². The van der Waals surface area contributed by atoms with Gasteiger partial charge in [0.2, 0.25) is 0 Å². The molecule has 1 atom stereocenters. The summed E-state index contributed by atoms with van der Waals surface area (Å²) in [5, 5.41) is 2.75. The summed E-state index contributed by atoms with van der Waals surface area (Å²) in [6, 6.07) is 3.68. The number of nitrogen functional groups attached to an aromatic ring is 1. The molecule has 0 heterocycles. The van der Waals surface area contributed by atoms with Gasteiger partial charge in [0.15, 0.2) is 0 Å². The molecule has 1 unspecified atom stereocenters. The van der Waals surface area contributed by atoms with E-state index in [1.165, 1.54) is 12.1 Å². The monoisotopic (exact) mass is 240 g/mol. The van der Waals surface area contributed by atoms with Gasteiger partial charge in [0.25, 0.3) is 5.91 Å². The molecule has 1 aromatic rings. The molecule has 1 aromatic carbocycles. The molecular weight excluding hydrogens is 223 g/mol. The Balaban J connectivity index is 2.75. The zero-order valence-corrected chi connectivity index (χ0v) is 10.00. The molecule has 0 aliphatic carbocycles. The molecule has 3 N–H and O–H groups in total. The van der Waals surface area contributed by atoms with Crippen LogP contribution in [0.5, 0.6) is 0 Å². The summed E-state index contributed by atoms with van der Waals surface area (Å²) in [5.41, 5.74) is 5.93. The van der Waals surface area contributed by atoms with Crippen LogP contribution in [0, 0.1) is 5.82 Å². The number of carbonyl (C=O) groups is 1. The number of nitrogens with two attached hydrogens (primary N) is 1. The Kier molecular flexibility index (Phi) is 4.90. The number of amides is 1. The van der Waals surface area contributed by atoms with E-state index in [0.29, 0.717) is 6.61 Å². The van der Waals surface area contributed by atoms with E-state index in [9.17, 15) is 9.18 Å². The average molecular weight is 240 g/mol. The fraction of sp³-hybridized carbons (Fsp3) is 0.417. The predicted molar refractivity (Wildman–Crippen MR) is 64.2 cm³/mol. The van der Waals surface area contributed by atoms with Gasteiger partial charge in [-0.25, -0.2) is 4.39 Å². The maximum Gasteiger partial charge on any atom is 0.251 e. The molecule has 4 nitrogen and oxygen atoms in total. The molecule has 0 radical (unpaired) electrons. The Morgan fingerprint density at radius 2 is 2.24 bits per heavy atom. The number of hydrogen-bond acceptors (Lipinski definition) is 3. The molecule has 1 rings (SSSR count). The largest absolute Gasteiger partial charge is 0.399 e. The lowest BCUT2D eigenvalue weighted by Gasteiger charge is -2.16. The smallest absolute Gasteiger partial charge is 0.251 e. The van der Waals surface area contributed by atoms with Gasteiger partial charge in [0.05, 0.1) is 12.6 Å². The van der Waals surface area contributed by atoms with Crippen LogP contribution >= 0.6 is 0 Å². The summed E-state index contributed by atoms with van der Waals surface area (Å²) >= 11 is 0. The van der Waals surface area contributed by atoms with Crippen LogP contribution in [-0.2, 0) is 4.74 Å². The second-order valence-corrected chi connectivity index (χ2v) is 3.81. The molecular formula is C12H17FN2O2. The Morgan fingerprint density at radius 1 is 1.53 bits per heavy atom. The van der Waals surface area contributed by atoms with Crippen molar-refractivity contribution in [2.75, 3.05) is 19.5 Å². The van der Waals surface area contributed by atoms with Crippen LogP contribution in [0.1, 0.15) is 23.7 Å². The van der Waals surface area contributed by atoms with E-state index in [-0.39, 0.29) is 23.2 Å². The van der Waals surface area contributed by atoms with Crippen molar-refractivity contribution in [3.05, 3.63) is 29.6 Å². The normalized spacial score (nSPS) is 12.2. The molecule has 0 fully saturated rings. The van der Waals surface area contributed by atoms with E-state index in [1.54, 1.807) is 7.11 Å². The standard InChI is InChI=1S/C12H17FN2O2/c1-3-11(7-17-2)15-12(16)8-4-9(13)6-10(14)5-8/h4-6,11H,3,7,14H2,1-2H3,(H,15,16). The van der Waals surface area contributed by atoms with Crippen LogP contribution in [0.2, 0.25) is 0 Å². The number of methoxy groups -OCH3 is 1. The van der Waals surface area contributed by atoms with Crippen LogP contribution in [-0.4, -0.2) is 25.7 Å². The van der Waals surface area contributed by atoms with Crippen molar-refractivity contribution in [3.8, 4) is 0 Å². The quantitative estimate of drug-likeness (QED) is 0.768. The van der Waals surface area contributed by atoms with Gasteiger partial charge >= 0.3 is 0 Å². The molecule has 0 saturated carbocycles. The highest BCUT2D eigenvalue weighted by Crippen LogP contribution is 2.11. The SMILES string of the molecule is CCC(COC)NC(=O)c1cc(N)cc(F)c1. The summed E-state index contributed by atoms with van der Waals surface area (Å²) in [5.74, 6) is -0.866. The minimum Gasteiger partial charge on any atom is -0.399 e. The summed E-state index contributed by atoms with van der Waals surface area (Å²) < 4.78 is 18.0. The Labute approximate surface area is 100.0 Å². The maximum absolute atomic E-state index is 13.1. The predicted octanol–water partition coefficient (Wildman–Crippen LogP) is 1.56. The Bertz CT molecular complexity index is 376. The topological polar surface area (TPSA) is 64.3 Å². The second-order valence-electron chi connectivity index (χ2n) is 3.81. The van der Waals surface area contributed by atoms with E-state index in [0.717, 1.165) is 12.5 Å². The van der Waals surface area contributed by atoms with Crippen molar-refractivity contribution in [2.24, 2.45) is 0 Å². The van der Waals surface area contributed by atoms with E-state index in [4.69, 9.17) is 10.5 Å². The first-order valence-electron chi connectivity index (χ1n) is 5.42. The van der Waals surface area contributed by atoms with E-state index in [1.807, 2.05) is 6.92 Å². The highest BCUT2D eigenvalue weighted by molar-refractivity contribution is 5.95. The van der Waals surface area contributed by atoms with Gasteiger partial charge in [-0.15, -0.1) is 0 Å². The molecule has 17 heavy (non-hydrogen) atoms. The summed E-state index contributed by atoms with van der Waals surface area (Å²) in [4.78, 5) is 11.8.